The third-order valence-electron chi connectivity index (χ3n) is 3.20. The Labute approximate surface area is 95.5 Å². The van der Waals surface area contributed by atoms with Crippen molar-refractivity contribution in [3.63, 3.8) is 0 Å². The molecule has 92 valence electrons. The molecule has 5 heteroatoms. The lowest BCUT2D eigenvalue weighted by molar-refractivity contribution is -0.123. The van der Waals surface area contributed by atoms with Crippen molar-refractivity contribution < 1.29 is 14.6 Å². The van der Waals surface area contributed by atoms with E-state index in [4.69, 9.17) is 4.74 Å². The lowest BCUT2D eigenvalue weighted by Crippen LogP contribution is -2.44. The summed E-state index contributed by atoms with van der Waals surface area (Å²) >= 11 is 0. The van der Waals surface area contributed by atoms with Gasteiger partial charge in [-0.1, -0.05) is 0 Å². The van der Waals surface area contributed by atoms with Crippen molar-refractivity contribution in [2.75, 3.05) is 19.7 Å². The van der Waals surface area contributed by atoms with Gasteiger partial charge in [0, 0.05) is 19.7 Å². The molecule has 0 radical (unpaired) electrons. The maximum absolute atomic E-state index is 11.7. The zero-order chi connectivity index (χ0) is 11.4. The predicted molar refractivity (Wildman–Crippen MR) is 59.0 cm³/mol. The van der Waals surface area contributed by atoms with Crippen LogP contribution in [0.25, 0.3) is 0 Å². The van der Waals surface area contributed by atoms with Crippen molar-refractivity contribution in [3.8, 4) is 0 Å². The molecule has 0 aromatic rings. The summed E-state index contributed by atoms with van der Waals surface area (Å²) < 4.78 is 5.53. The first-order chi connectivity index (χ1) is 7.75. The Hall–Kier alpha value is -0.650. The molecule has 2 aliphatic rings. The Bertz CT molecular complexity index is 241. The van der Waals surface area contributed by atoms with Crippen molar-refractivity contribution in [2.45, 2.75) is 43.9 Å². The van der Waals surface area contributed by atoms with Crippen molar-refractivity contribution >= 4 is 5.91 Å². The van der Waals surface area contributed by atoms with Crippen LogP contribution in [0.4, 0.5) is 0 Å². The van der Waals surface area contributed by atoms with Crippen LogP contribution in [-0.4, -0.2) is 49.0 Å². The van der Waals surface area contributed by atoms with Crippen molar-refractivity contribution in [3.05, 3.63) is 0 Å². The number of amides is 1. The molecule has 2 fully saturated rings. The summed E-state index contributed by atoms with van der Waals surface area (Å²) in [5.41, 5.74) is 0. The maximum Gasteiger partial charge on any atom is 0.237 e. The van der Waals surface area contributed by atoms with E-state index in [1.54, 1.807) is 0 Å². The van der Waals surface area contributed by atoms with Crippen LogP contribution in [0.2, 0.25) is 0 Å². The summed E-state index contributed by atoms with van der Waals surface area (Å²) in [6.45, 7) is 1.91. The first-order valence-electron chi connectivity index (χ1n) is 6.06. The highest BCUT2D eigenvalue weighted by molar-refractivity contribution is 5.82. The minimum absolute atomic E-state index is 0.0225. The standard InChI is InChI=1S/C11H20N2O3/c14-8-5-10(12-6-8)11(15)13-7-9-3-1-2-4-16-9/h8-10,12,14H,1-7H2,(H,13,15). The average Bonchev–Trinajstić information content (AvgIpc) is 2.74. The summed E-state index contributed by atoms with van der Waals surface area (Å²) in [6.07, 6.45) is 3.63. The SMILES string of the molecule is O=C(NCC1CCCCO1)C1CC(O)CN1. The normalized spacial score (nSPS) is 34.9. The number of carbonyl (C=O) groups is 1. The zero-order valence-corrected chi connectivity index (χ0v) is 9.45. The molecule has 0 saturated carbocycles. The molecule has 3 atom stereocenters. The second-order valence-electron chi connectivity index (χ2n) is 4.58. The summed E-state index contributed by atoms with van der Waals surface area (Å²) in [4.78, 5) is 11.7. The molecule has 0 aromatic carbocycles. The third-order valence-corrected chi connectivity index (χ3v) is 3.20. The molecule has 1 amide bonds. The molecular formula is C11H20N2O3. The lowest BCUT2D eigenvalue weighted by atomic mass is 10.1. The van der Waals surface area contributed by atoms with Gasteiger partial charge in [0.15, 0.2) is 0 Å². The highest BCUT2D eigenvalue weighted by Crippen LogP contribution is 2.12. The second kappa shape index (κ2) is 5.61. The van der Waals surface area contributed by atoms with E-state index >= 15 is 0 Å². The van der Waals surface area contributed by atoms with E-state index in [2.05, 4.69) is 10.6 Å². The number of ether oxygens (including phenoxy) is 1. The van der Waals surface area contributed by atoms with E-state index in [0.717, 1.165) is 19.4 Å². The maximum atomic E-state index is 11.7. The molecular weight excluding hydrogens is 208 g/mol. The predicted octanol–water partition coefficient (Wildman–Crippen LogP) is -0.605. The lowest BCUT2D eigenvalue weighted by Gasteiger charge is -2.23. The van der Waals surface area contributed by atoms with Gasteiger partial charge in [-0.25, -0.2) is 0 Å². The number of β-amino-alcohol motifs (C(OH)–C–C–N with tert-alkyl or cyclic N) is 1. The van der Waals surface area contributed by atoms with Crippen LogP contribution in [0.3, 0.4) is 0 Å². The average molecular weight is 228 g/mol. The van der Waals surface area contributed by atoms with E-state index in [-0.39, 0.29) is 24.2 Å². The molecule has 0 spiro atoms. The number of carbonyl (C=O) groups excluding carboxylic acids is 1. The molecule has 2 heterocycles. The molecule has 2 rings (SSSR count). The first-order valence-corrected chi connectivity index (χ1v) is 6.06. The number of nitrogens with one attached hydrogen (secondary N) is 2. The van der Waals surface area contributed by atoms with Crippen LogP contribution in [-0.2, 0) is 9.53 Å². The van der Waals surface area contributed by atoms with Gasteiger partial charge < -0.3 is 20.5 Å². The Morgan fingerprint density at radius 2 is 2.38 bits per heavy atom. The van der Waals surface area contributed by atoms with E-state index in [0.29, 0.717) is 19.5 Å². The number of hydrogen-bond acceptors (Lipinski definition) is 4. The van der Waals surface area contributed by atoms with Crippen molar-refractivity contribution in [1.29, 1.82) is 0 Å². The van der Waals surface area contributed by atoms with E-state index < -0.39 is 0 Å². The van der Waals surface area contributed by atoms with Gasteiger partial charge in [-0.15, -0.1) is 0 Å². The summed E-state index contributed by atoms with van der Waals surface area (Å²) in [5.74, 6) is -0.0225. The van der Waals surface area contributed by atoms with Gasteiger partial charge >= 0.3 is 0 Å². The number of aliphatic hydroxyl groups is 1. The van der Waals surface area contributed by atoms with Gasteiger partial charge in [0.25, 0.3) is 0 Å². The monoisotopic (exact) mass is 228 g/mol. The van der Waals surface area contributed by atoms with E-state index in [1.165, 1.54) is 6.42 Å². The number of hydrogen-bond donors (Lipinski definition) is 3. The van der Waals surface area contributed by atoms with Crippen LogP contribution in [0, 0.1) is 0 Å². The first kappa shape index (κ1) is 11.8. The van der Waals surface area contributed by atoms with Crippen LogP contribution in [0.15, 0.2) is 0 Å². The minimum atomic E-state index is -0.387. The topological polar surface area (TPSA) is 70.6 Å². The third kappa shape index (κ3) is 3.17. The van der Waals surface area contributed by atoms with E-state index in [9.17, 15) is 9.90 Å². The van der Waals surface area contributed by atoms with Crippen LogP contribution in [0.1, 0.15) is 25.7 Å². The van der Waals surface area contributed by atoms with Crippen LogP contribution < -0.4 is 10.6 Å². The highest BCUT2D eigenvalue weighted by atomic mass is 16.5. The molecule has 5 nitrogen and oxygen atoms in total. The fourth-order valence-corrected chi connectivity index (χ4v) is 2.22. The van der Waals surface area contributed by atoms with E-state index in [1.807, 2.05) is 0 Å². The summed E-state index contributed by atoms with van der Waals surface area (Å²) in [7, 11) is 0. The number of aliphatic hydroxyl groups excluding tert-OH is 1. The summed E-state index contributed by atoms with van der Waals surface area (Å²) in [6, 6.07) is -0.237. The molecule has 0 bridgehead atoms. The Kier molecular flexibility index (Phi) is 4.15. The largest absolute Gasteiger partial charge is 0.392 e. The Morgan fingerprint density at radius 1 is 1.50 bits per heavy atom. The molecule has 3 N–H and O–H groups in total. The molecule has 2 saturated heterocycles. The number of rotatable bonds is 3. The van der Waals surface area contributed by atoms with Gasteiger partial charge in [0.05, 0.1) is 18.2 Å². The van der Waals surface area contributed by atoms with Gasteiger partial charge in [-0.05, 0) is 25.7 Å². The molecule has 3 unspecified atom stereocenters. The highest BCUT2D eigenvalue weighted by Gasteiger charge is 2.28. The smallest absolute Gasteiger partial charge is 0.237 e. The quantitative estimate of drug-likeness (QED) is 0.603. The fraction of sp³-hybridized carbons (Fsp3) is 0.909. The van der Waals surface area contributed by atoms with Gasteiger partial charge in [0.2, 0.25) is 5.91 Å². The van der Waals surface area contributed by atoms with Crippen molar-refractivity contribution in [1.82, 2.24) is 10.6 Å². The second-order valence-corrected chi connectivity index (χ2v) is 4.58. The van der Waals surface area contributed by atoms with Gasteiger partial charge in [0.1, 0.15) is 0 Å². The molecule has 0 aromatic heterocycles. The summed E-state index contributed by atoms with van der Waals surface area (Å²) in [5, 5.41) is 15.2. The van der Waals surface area contributed by atoms with Gasteiger partial charge in [-0.2, -0.15) is 0 Å². The zero-order valence-electron chi connectivity index (χ0n) is 9.45. The van der Waals surface area contributed by atoms with Gasteiger partial charge in [-0.3, -0.25) is 4.79 Å². The molecule has 16 heavy (non-hydrogen) atoms. The minimum Gasteiger partial charge on any atom is -0.392 e. The van der Waals surface area contributed by atoms with Crippen molar-refractivity contribution in [2.24, 2.45) is 0 Å². The Balaban J connectivity index is 1.67. The Morgan fingerprint density at radius 3 is 3.00 bits per heavy atom. The molecule has 2 aliphatic heterocycles. The van der Waals surface area contributed by atoms with Crippen LogP contribution in [0.5, 0.6) is 0 Å². The fourth-order valence-electron chi connectivity index (χ4n) is 2.22. The van der Waals surface area contributed by atoms with Crippen LogP contribution >= 0.6 is 0 Å². The molecule has 0 aliphatic carbocycles.